The molecule has 0 fully saturated rings. The van der Waals surface area contributed by atoms with Crippen LogP contribution >= 0.6 is 11.6 Å². The molecule has 5 heteroatoms. The van der Waals surface area contributed by atoms with Crippen LogP contribution in [0.15, 0.2) is 42.5 Å². The van der Waals surface area contributed by atoms with Gasteiger partial charge in [-0.05, 0) is 29.8 Å². The summed E-state index contributed by atoms with van der Waals surface area (Å²) in [6.45, 7) is 0.261. The molecule has 0 atom stereocenters. The molecule has 2 aromatic carbocycles. The van der Waals surface area contributed by atoms with E-state index in [1.165, 1.54) is 19.2 Å². The Bertz CT molecular complexity index is 631. The van der Waals surface area contributed by atoms with Gasteiger partial charge < -0.3 is 10.1 Å². The van der Waals surface area contributed by atoms with Crippen molar-refractivity contribution < 1.29 is 13.9 Å². The zero-order chi connectivity index (χ0) is 14.5. The van der Waals surface area contributed by atoms with Crippen LogP contribution in [-0.2, 0) is 6.54 Å². The highest BCUT2D eigenvalue weighted by molar-refractivity contribution is 6.30. The Kier molecular flexibility index (Phi) is 4.58. The normalized spacial score (nSPS) is 10.2. The van der Waals surface area contributed by atoms with E-state index in [2.05, 4.69) is 5.32 Å². The van der Waals surface area contributed by atoms with Gasteiger partial charge in [-0.2, -0.15) is 0 Å². The lowest BCUT2D eigenvalue weighted by molar-refractivity contribution is 0.0948. The summed E-state index contributed by atoms with van der Waals surface area (Å²) in [6.07, 6.45) is 0. The summed E-state index contributed by atoms with van der Waals surface area (Å²) in [6, 6.07) is 11.3. The van der Waals surface area contributed by atoms with Gasteiger partial charge in [0.2, 0.25) is 0 Å². The monoisotopic (exact) mass is 293 g/mol. The molecule has 104 valence electrons. The lowest BCUT2D eigenvalue weighted by Gasteiger charge is -2.09. The third kappa shape index (κ3) is 3.27. The summed E-state index contributed by atoms with van der Waals surface area (Å²) in [5.74, 6) is -0.239. The molecule has 20 heavy (non-hydrogen) atoms. The Morgan fingerprint density at radius 1 is 1.30 bits per heavy atom. The number of carbonyl (C=O) groups is 1. The first kappa shape index (κ1) is 14.3. The van der Waals surface area contributed by atoms with E-state index in [0.29, 0.717) is 11.3 Å². The lowest BCUT2D eigenvalue weighted by Crippen LogP contribution is -2.23. The third-order valence-electron chi connectivity index (χ3n) is 2.79. The first-order chi connectivity index (χ1) is 9.61. The molecule has 0 saturated carbocycles. The number of halogens is 2. The minimum atomic E-state index is -0.480. The Morgan fingerprint density at radius 2 is 2.05 bits per heavy atom. The Hall–Kier alpha value is -2.07. The summed E-state index contributed by atoms with van der Waals surface area (Å²) in [5, 5.41) is 2.77. The maximum atomic E-state index is 13.0. The molecule has 3 nitrogen and oxygen atoms in total. The topological polar surface area (TPSA) is 38.3 Å². The van der Waals surface area contributed by atoms with Crippen LogP contribution in [0.25, 0.3) is 0 Å². The quantitative estimate of drug-likeness (QED) is 0.938. The van der Waals surface area contributed by atoms with Crippen LogP contribution in [0.1, 0.15) is 15.9 Å². The number of benzene rings is 2. The first-order valence-electron chi connectivity index (χ1n) is 5.97. The maximum absolute atomic E-state index is 13.0. The van der Waals surface area contributed by atoms with Crippen molar-refractivity contribution in [3.63, 3.8) is 0 Å². The number of amides is 1. The summed E-state index contributed by atoms with van der Waals surface area (Å²) in [4.78, 5) is 12.1. The van der Waals surface area contributed by atoms with Gasteiger partial charge in [-0.25, -0.2) is 4.39 Å². The highest BCUT2D eigenvalue weighted by atomic mass is 35.5. The van der Waals surface area contributed by atoms with E-state index in [-0.39, 0.29) is 17.5 Å². The van der Waals surface area contributed by atoms with E-state index < -0.39 is 5.82 Å². The van der Waals surface area contributed by atoms with Gasteiger partial charge >= 0.3 is 0 Å². The predicted octanol–water partition coefficient (Wildman–Crippen LogP) is 3.42. The average molecular weight is 294 g/mol. The zero-order valence-electron chi connectivity index (χ0n) is 10.8. The van der Waals surface area contributed by atoms with E-state index in [4.69, 9.17) is 16.3 Å². The fraction of sp³-hybridized carbons (Fsp3) is 0.133. The summed E-state index contributed by atoms with van der Waals surface area (Å²) in [5.41, 5.74) is 1.17. The Labute approximate surface area is 121 Å². The standard InChI is InChI=1S/C15H13ClFNO2/c1-20-14-5-3-2-4-11(14)15(19)18-9-10-6-7-13(17)12(16)8-10/h2-8H,9H2,1H3,(H,18,19). The van der Waals surface area contributed by atoms with Crippen molar-refractivity contribution in [1.82, 2.24) is 5.32 Å². The van der Waals surface area contributed by atoms with E-state index in [9.17, 15) is 9.18 Å². The van der Waals surface area contributed by atoms with Crippen molar-refractivity contribution in [2.45, 2.75) is 6.54 Å². The van der Waals surface area contributed by atoms with Gasteiger partial charge in [0.25, 0.3) is 5.91 Å². The lowest BCUT2D eigenvalue weighted by atomic mass is 10.1. The second-order valence-electron chi connectivity index (χ2n) is 4.13. The molecule has 1 N–H and O–H groups in total. The first-order valence-corrected chi connectivity index (χ1v) is 6.34. The molecule has 0 unspecified atom stereocenters. The number of hydrogen-bond donors (Lipinski definition) is 1. The van der Waals surface area contributed by atoms with E-state index in [1.807, 2.05) is 0 Å². The molecule has 0 aliphatic carbocycles. The van der Waals surface area contributed by atoms with Crippen LogP contribution in [-0.4, -0.2) is 13.0 Å². The molecule has 0 saturated heterocycles. The molecule has 2 aromatic rings. The highest BCUT2D eigenvalue weighted by Gasteiger charge is 2.11. The molecule has 0 aromatic heterocycles. The average Bonchev–Trinajstić information content (AvgIpc) is 2.48. The molecule has 0 spiro atoms. The van der Waals surface area contributed by atoms with E-state index >= 15 is 0 Å². The van der Waals surface area contributed by atoms with Crippen molar-refractivity contribution in [1.29, 1.82) is 0 Å². The molecule has 0 radical (unpaired) electrons. The number of rotatable bonds is 4. The van der Waals surface area contributed by atoms with Crippen LogP contribution < -0.4 is 10.1 Å². The summed E-state index contributed by atoms with van der Waals surface area (Å²) in [7, 11) is 1.51. The molecule has 0 aliphatic rings. The molecular weight excluding hydrogens is 281 g/mol. The number of nitrogens with one attached hydrogen (secondary N) is 1. The summed E-state index contributed by atoms with van der Waals surface area (Å²) < 4.78 is 18.1. The van der Waals surface area contributed by atoms with Gasteiger partial charge in [0, 0.05) is 6.54 Å². The fourth-order valence-electron chi connectivity index (χ4n) is 1.76. The second kappa shape index (κ2) is 6.39. The summed E-state index contributed by atoms with van der Waals surface area (Å²) >= 11 is 5.69. The minimum absolute atomic E-state index is 0.0361. The third-order valence-corrected chi connectivity index (χ3v) is 3.08. The highest BCUT2D eigenvalue weighted by Crippen LogP contribution is 2.18. The Balaban J connectivity index is 2.06. The largest absolute Gasteiger partial charge is 0.496 e. The van der Waals surface area contributed by atoms with Crippen molar-refractivity contribution >= 4 is 17.5 Å². The van der Waals surface area contributed by atoms with Crippen LogP contribution in [0.3, 0.4) is 0 Å². The number of methoxy groups -OCH3 is 1. The van der Waals surface area contributed by atoms with Gasteiger partial charge in [-0.15, -0.1) is 0 Å². The fourth-order valence-corrected chi connectivity index (χ4v) is 1.96. The van der Waals surface area contributed by atoms with Gasteiger partial charge in [-0.3, -0.25) is 4.79 Å². The molecular formula is C15H13ClFNO2. The van der Waals surface area contributed by atoms with Crippen molar-refractivity contribution in [3.05, 3.63) is 64.4 Å². The van der Waals surface area contributed by atoms with Crippen LogP contribution in [0, 0.1) is 5.82 Å². The number of ether oxygens (including phenoxy) is 1. The van der Waals surface area contributed by atoms with Gasteiger partial charge in [0.1, 0.15) is 11.6 Å². The van der Waals surface area contributed by atoms with Gasteiger partial charge in [-0.1, -0.05) is 29.8 Å². The molecule has 2 rings (SSSR count). The van der Waals surface area contributed by atoms with E-state index in [1.54, 1.807) is 30.3 Å². The predicted molar refractivity (Wildman–Crippen MR) is 75.6 cm³/mol. The molecule has 1 amide bonds. The van der Waals surface area contributed by atoms with Crippen LogP contribution in [0.2, 0.25) is 5.02 Å². The van der Waals surface area contributed by atoms with E-state index in [0.717, 1.165) is 5.56 Å². The molecule has 0 heterocycles. The van der Waals surface area contributed by atoms with Crippen molar-refractivity contribution in [3.8, 4) is 5.75 Å². The Morgan fingerprint density at radius 3 is 2.75 bits per heavy atom. The van der Waals surface area contributed by atoms with Crippen LogP contribution in [0.5, 0.6) is 5.75 Å². The maximum Gasteiger partial charge on any atom is 0.255 e. The smallest absolute Gasteiger partial charge is 0.255 e. The minimum Gasteiger partial charge on any atom is -0.496 e. The van der Waals surface area contributed by atoms with Crippen molar-refractivity contribution in [2.24, 2.45) is 0 Å². The molecule has 0 bridgehead atoms. The second-order valence-corrected chi connectivity index (χ2v) is 4.54. The SMILES string of the molecule is COc1ccccc1C(=O)NCc1ccc(F)c(Cl)c1. The van der Waals surface area contributed by atoms with Crippen LogP contribution in [0.4, 0.5) is 4.39 Å². The zero-order valence-corrected chi connectivity index (χ0v) is 11.6. The number of para-hydroxylation sites is 1. The van der Waals surface area contributed by atoms with Gasteiger partial charge in [0.15, 0.2) is 0 Å². The number of carbonyl (C=O) groups excluding carboxylic acids is 1. The molecule has 0 aliphatic heterocycles. The number of hydrogen-bond acceptors (Lipinski definition) is 2. The van der Waals surface area contributed by atoms with Crippen molar-refractivity contribution in [2.75, 3.05) is 7.11 Å². The van der Waals surface area contributed by atoms with Gasteiger partial charge in [0.05, 0.1) is 17.7 Å².